The molecule has 3 aromatic heterocycles. The molecule has 0 atom stereocenters. The highest BCUT2D eigenvalue weighted by Gasteiger charge is 2.24. The van der Waals surface area contributed by atoms with E-state index < -0.39 is 11.7 Å². The van der Waals surface area contributed by atoms with E-state index in [1.807, 2.05) is 63.4 Å². The van der Waals surface area contributed by atoms with Gasteiger partial charge in [0, 0.05) is 22.9 Å². The van der Waals surface area contributed by atoms with Crippen molar-refractivity contribution in [2.24, 2.45) is 0 Å². The smallest absolute Gasteiger partial charge is 0.435 e. The molecule has 0 fully saturated rings. The van der Waals surface area contributed by atoms with Gasteiger partial charge < -0.3 is 9.72 Å². The summed E-state index contributed by atoms with van der Waals surface area (Å²) in [5, 5.41) is 7.39. The number of aromatic amines is 1. The Balaban J connectivity index is 1.80. The Kier molecular flexibility index (Phi) is 4.34. The van der Waals surface area contributed by atoms with Crippen LogP contribution in [0.25, 0.3) is 32.5 Å². The summed E-state index contributed by atoms with van der Waals surface area (Å²) in [6, 6.07) is 9.44. The van der Waals surface area contributed by atoms with Crippen molar-refractivity contribution in [3.05, 3.63) is 41.3 Å². The molecule has 0 aliphatic rings. The molecule has 7 heteroatoms. The van der Waals surface area contributed by atoms with Crippen molar-refractivity contribution in [1.29, 1.82) is 0 Å². The van der Waals surface area contributed by atoms with Crippen LogP contribution in [-0.4, -0.2) is 32.2 Å². The molecular weight excluding hydrogens is 374 g/mol. The van der Waals surface area contributed by atoms with Crippen LogP contribution in [0.1, 0.15) is 44.5 Å². The maximum atomic E-state index is 12.6. The number of carbonyl (C=O) groups is 2. The van der Waals surface area contributed by atoms with E-state index in [0.29, 0.717) is 17.7 Å². The lowest BCUT2D eigenvalue weighted by Crippen LogP contribution is -2.27. The Labute approximate surface area is 166 Å². The van der Waals surface area contributed by atoms with Gasteiger partial charge in [-0.2, -0.15) is 9.78 Å². The van der Waals surface area contributed by atoms with E-state index in [1.54, 1.807) is 0 Å². The Morgan fingerprint density at radius 1 is 1.21 bits per heavy atom. The lowest BCUT2D eigenvalue weighted by molar-refractivity contribution is 0.0523. The van der Waals surface area contributed by atoms with Crippen molar-refractivity contribution in [3.8, 4) is 11.4 Å². The highest BCUT2D eigenvalue weighted by Crippen LogP contribution is 2.34. The molecule has 0 spiro atoms. The molecule has 6 nitrogen and oxygen atoms in total. The number of nitrogens with zero attached hydrogens (tertiary/aromatic N) is 2. The van der Waals surface area contributed by atoms with Gasteiger partial charge in [-0.3, -0.25) is 4.79 Å². The first-order valence-corrected chi connectivity index (χ1v) is 10.0. The maximum absolute atomic E-state index is 12.6. The number of carbonyl (C=O) groups excluding carboxylic acids is 2. The van der Waals surface area contributed by atoms with Crippen LogP contribution in [0.2, 0.25) is 0 Å². The molecule has 1 aromatic carbocycles. The van der Waals surface area contributed by atoms with Crippen LogP contribution < -0.4 is 0 Å². The van der Waals surface area contributed by atoms with Crippen molar-refractivity contribution in [2.75, 3.05) is 0 Å². The second-order valence-corrected chi connectivity index (χ2v) is 8.55. The fourth-order valence-electron chi connectivity index (χ4n) is 3.10. The van der Waals surface area contributed by atoms with Crippen LogP contribution >= 0.6 is 11.3 Å². The summed E-state index contributed by atoms with van der Waals surface area (Å²) in [6.45, 7) is 7.33. The molecule has 4 aromatic rings. The number of hydrogen-bond acceptors (Lipinski definition) is 5. The van der Waals surface area contributed by atoms with Gasteiger partial charge in [0.15, 0.2) is 5.78 Å². The van der Waals surface area contributed by atoms with Gasteiger partial charge in [-0.05, 0) is 56.5 Å². The number of H-pyrrole nitrogens is 1. The number of thiophene rings is 1. The topological polar surface area (TPSA) is 77.0 Å². The Morgan fingerprint density at radius 2 is 2.00 bits per heavy atom. The van der Waals surface area contributed by atoms with Gasteiger partial charge in [0.1, 0.15) is 11.3 Å². The second kappa shape index (κ2) is 6.60. The fourth-order valence-corrected chi connectivity index (χ4v) is 3.97. The van der Waals surface area contributed by atoms with Crippen LogP contribution in [0.3, 0.4) is 0 Å². The first-order valence-electron chi connectivity index (χ1n) is 9.13. The number of fused-ring (bicyclic) bond motifs is 2. The van der Waals surface area contributed by atoms with E-state index in [2.05, 4.69) is 10.1 Å². The zero-order chi connectivity index (χ0) is 20.1. The number of Topliss-reactive ketones (excluding diaryl/α,β-unsaturated/α-hetero) is 1. The first kappa shape index (κ1) is 18.4. The van der Waals surface area contributed by atoms with Gasteiger partial charge in [-0.25, -0.2) is 4.79 Å². The molecule has 0 radical (unpaired) electrons. The van der Waals surface area contributed by atoms with Crippen LogP contribution in [0.4, 0.5) is 4.79 Å². The molecule has 0 unspecified atom stereocenters. The average Bonchev–Trinajstić information content (AvgIpc) is 3.32. The third-order valence-electron chi connectivity index (χ3n) is 4.37. The highest BCUT2D eigenvalue weighted by atomic mass is 32.1. The largest absolute Gasteiger partial charge is 0.442 e. The van der Waals surface area contributed by atoms with E-state index in [4.69, 9.17) is 4.74 Å². The van der Waals surface area contributed by atoms with E-state index in [1.165, 1.54) is 16.0 Å². The predicted molar refractivity (Wildman–Crippen MR) is 111 cm³/mol. The van der Waals surface area contributed by atoms with Crippen LogP contribution in [0, 0.1) is 0 Å². The SMILES string of the molecule is CCC(=O)c1ccc2[nH]c(-c3nn(C(=O)OC(C)(C)C)c4ccsc34)cc2c1. The predicted octanol–water partition coefficient (Wildman–Crippen LogP) is 5.62. The van der Waals surface area contributed by atoms with Crippen molar-refractivity contribution < 1.29 is 14.3 Å². The summed E-state index contributed by atoms with van der Waals surface area (Å²) in [4.78, 5) is 27.9. The lowest BCUT2D eigenvalue weighted by atomic mass is 10.1. The third kappa shape index (κ3) is 3.22. The van der Waals surface area contributed by atoms with Crippen LogP contribution in [-0.2, 0) is 4.74 Å². The molecule has 4 rings (SSSR count). The van der Waals surface area contributed by atoms with Crippen molar-refractivity contribution >= 4 is 44.3 Å². The van der Waals surface area contributed by atoms with Crippen molar-refractivity contribution in [3.63, 3.8) is 0 Å². The third-order valence-corrected chi connectivity index (χ3v) is 5.28. The van der Waals surface area contributed by atoms with Crippen molar-refractivity contribution in [1.82, 2.24) is 14.8 Å². The zero-order valence-electron chi connectivity index (χ0n) is 16.2. The number of hydrogen-bond donors (Lipinski definition) is 1. The number of benzene rings is 1. The molecule has 144 valence electrons. The molecule has 1 N–H and O–H groups in total. The fraction of sp³-hybridized carbons (Fsp3) is 0.286. The molecule has 0 aliphatic carbocycles. The molecule has 0 bridgehead atoms. The van der Waals surface area contributed by atoms with Crippen molar-refractivity contribution in [2.45, 2.75) is 39.7 Å². The molecule has 0 aliphatic heterocycles. The molecular formula is C21H21N3O3S. The van der Waals surface area contributed by atoms with E-state index in [9.17, 15) is 9.59 Å². The standard InChI is InChI=1S/C21H21N3O3S/c1-5-17(25)12-6-7-14-13(10-12)11-15(22-14)18-19-16(8-9-28-19)24(23-18)20(26)27-21(2,3)4/h6-11,22H,5H2,1-4H3. The minimum Gasteiger partial charge on any atom is -0.442 e. The Hall–Kier alpha value is -2.93. The van der Waals surface area contributed by atoms with E-state index in [-0.39, 0.29) is 5.78 Å². The minimum atomic E-state index is -0.602. The quantitative estimate of drug-likeness (QED) is 0.457. The van der Waals surface area contributed by atoms with Crippen LogP contribution in [0.5, 0.6) is 0 Å². The Morgan fingerprint density at radius 3 is 2.71 bits per heavy atom. The number of ether oxygens (including phenoxy) is 1. The first-order chi connectivity index (χ1) is 13.3. The minimum absolute atomic E-state index is 0.111. The maximum Gasteiger partial charge on any atom is 0.435 e. The number of aromatic nitrogens is 3. The average molecular weight is 395 g/mol. The summed E-state index contributed by atoms with van der Waals surface area (Å²) in [5.74, 6) is 0.111. The molecule has 0 saturated carbocycles. The Bertz CT molecular complexity index is 1210. The monoisotopic (exact) mass is 395 g/mol. The van der Waals surface area contributed by atoms with E-state index in [0.717, 1.165) is 26.8 Å². The highest BCUT2D eigenvalue weighted by molar-refractivity contribution is 7.17. The van der Waals surface area contributed by atoms with Gasteiger partial charge in [0.2, 0.25) is 0 Å². The summed E-state index contributed by atoms with van der Waals surface area (Å²) in [5.41, 5.74) is 3.21. The van der Waals surface area contributed by atoms with Gasteiger partial charge in [-0.15, -0.1) is 11.3 Å². The molecule has 0 amide bonds. The van der Waals surface area contributed by atoms with Gasteiger partial charge in [0.05, 0.1) is 15.9 Å². The molecule has 0 saturated heterocycles. The normalized spacial score (nSPS) is 12.0. The molecule has 28 heavy (non-hydrogen) atoms. The van der Waals surface area contributed by atoms with Gasteiger partial charge in [0.25, 0.3) is 0 Å². The number of ketones is 1. The van der Waals surface area contributed by atoms with Gasteiger partial charge >= 0.3 is 6.09 Å². The molecule has 3 heterocycles. The van der Waals surface area contributed by atoms with Gasteiger partial charge in [-0.1, -0.05) is 6.92 Å². The summed E-state index contributed by atoms with van der Waals surface area (Å²) < 4.78 is 7.70. The number of rotatable bonds is 3. The second-order valence-electron chi connectivity index (χ2n) is 7.64. The zero-order valence-corrected chi connectivity index (χ0v) is 17.0. The summed E-state index contributed by atoms with van der Waals surface area (Å²) >= 11 is 1.52. The lowest BCUT2D eigenvalue weighted by Gasteiger charge is -2.18. The van der Waals surface area contributed by atoms with E-state index >= 15 is 0 Å². The van der Waals surface area contributed by atoms with Crippen LogP contribution in [0.15, 0.2) is 35.7 Å². The summed E-state index contributed by atoms with van der Waals surface area (Å²) in [7, 11) is 0. The summed E-state index contributed by atoms with van der Waals surface area (Å²) in [6.07, 6.45) is -0.0343. The number of nitrogens with one attached hydrogen (secondary N) is 1.